The summed E-state index contributed by atoms with van der Waals surface area (Å²) in [6.45, 7) is 2.72. The largest absolute Gasteiger partial charge is 0.330 e. The number of hydrogen-bond donors (Lipinski definition) is 2. The van der Waals surface area contributed by atoms with Gasteiger partial charge >= 0.3 is 0 Å². The number of carbonyl (C=O) groups excluding carboxylic acids is 1. The normalized spacial score (nSPS) is 16.9. The molecule has 3 N–H and O–H groups in total. The van der Waals surface area contributed by atoms with Crippen molar-refractivity contribution in [1.82, 2.24) is 4.90 Å². The van der Waals surface area contributed by atoms with Crippen LogP contribution in [0.2, 0.25) is 0 Å². The van der Waals surface area contributed by atoms with Crippen LogP contribution in [-0.2, 0) is 4.79 Å². The second-order valence-corrected chi connectivity index (χ2v) is 5.47. The summed E-state index contributed by atoms with van der Waals surface area (Å²) < 4.78 is 25.9. The van der Waals surface area contributed by atoms with E-state index < -0.39 is 11.6 Å². The Hall–Kier alpha value is -1.53. The van der Waals surface area contributed by atoms with Crippen molar-refractivity contribution < 1.29 is 13.6 Å². The lowest BCUT2D eigenvalue weighted by Gasteiger charge is -2.31. The summed E-state index contributed by atoms with van der Waals surface area (Å²) >= 11 is 0. The minimum Gasteiger partial charge on any atom is -0.330 e. The molecule has 1 amide bonds. The highest BCUT2D eigenvalue weighted by atomic mass is 19.2. The highest BCUT2D eigenvalue weighted by Crippen LogP contribution is 2.19. The molecule has 21 heavy (non-hydrogen) atoms. The molecule has 0 aliphatic carbocycles. The molecule has 4 nitrogen and oxygen atoms in total. The maximum Gasteiger partial charge on any atom is 0.238 e. The van der Waals surface area contributed by atoms with Crippen molar-refractivity contribution in [2.75, 3.05) is 31.5 Å². The zero-order chi connectivity index (χ0) is 15.2. The first-order valence-corrected chi connectivity index (χ1v) is 7.26. The second kappa shape index (κ2) is 7.47. The van der Waals surface area contributed by atoms with Crippen molar-refractivity contribution in [3.63, 3.8) is 0 Å². The van der Waals surface area contributed by atoms with Gasteiger partial charge in [-0.25, -0.2) is 8.78 Å². The van der Waals surface area contributed by atoms with Gasteiger partial charge in [0.25, 0.3) is 0 Å². The highest BCUT2D eigenvalue weighted by molar-refractivity contribution is 5.92. The Bertz CT molecular complexity index is 488. The second-order valence-electron chi connectivity index (χ2n) is 5.47. The molecule has 0 atom stereocenters. The number of anilines is 1. The van der Waals surface area contributed by atoms with Gasteiger partial charge < -0.3 is 11.1 Å². The maximum absolute atomic E-state index is 13.1. The van der Waals surface area contributed by atoms with E-state index in [1.807, 2.05) is 0 Å². The van der Waals surface area contributed by atoms with Gasteiger partial charge in [0, 0.05) is 11.8 Å². The van der Waals surface area contributed by atoms with Gasteiger partial charge in [0.2, 0.25) is 5.91 Å². The smallest absolute Gasteiger partial charge is 0.238 e. The molecule has 2 rings (SSSR count). The number of nitrogens with zero attached hydrogens (tertiary/aromatic N) is 1. The molecule has 6 heteroatoms. The van der Waals surface area contributed by atoms with Gasteiger partial charge in [0.05, 0.1) is 6.54 Å². The maximum atomic E-state index is 13.1. The van der Waals surface area contributed by atoms with Crippen LogP contribution in [0.5, 0.6) is 0 Å². The van der Waals surface area contributed by atoms with Gasteiger partial charge in [-0.15, -0.1) is 0 Å². The summed E-state index contributed by atoms with van der Waals surface area (Å²) in [6.07, 6.45) is 3.14. The van der Waals surface area contributed by atoms with Gasteiger partial charge in [0.1, 0.15) is 0 Å². The molecule has 0 bridgehead atoms. The van der Waals surface area contributed by atoms with Gasteiger partial charge in [0.15, 0.2) is 11.6 Å². The van der Waals surface area contributed by atoms with Crippen molar-refractivity contribution in [2.24, 2.45) is 11.7 Å². The van der Waals surface area contributed by atoms with Crippen molar-refractivity contribution in [1.29, 1.82) is 0 Å². The summed E-state index contributed by atoms with van der Waals surface area (Å²) in [5.74, 6) is -1.44. The third-order valence-corrected chi connectivity index (χ3v) is 3.85. The summed E-state index contributed by atoms with van der Waals surface area (Å²) in [5.41, 5.74) is 5.82. The molecule has 1 aromatic carbocycles. The number of carbonyl (C=O) groups is 1. The molecular weight excluding hydrogens is 276 g/mol. The molecule has 1 fully saturated rings. The summed E-state index contributed by atoms with van der Waals surface area (Å²) in [4.78, 5) is 14.0. The molecule has 116 valence electrons. The molecule has 0 spiro atoms. The number of rotatable bonds is 5. The van der Waals surface area contributed by atoms with E-state index in [-0.39, 0.29) is 18.1 Å². The standard InChI is InChI=1S/C15H21F2N3O/c16-13-2-1-12(9-14(13)17)19-15(21)10-20-7-4-11(3-6-18)5-8-20/h1-2,9,11H,3-8,10,18H2,(H,19,21). The van der Waals surface area contributed by atoms with Crippen LogP contribution in [0.25, 0.3) is 0 Å². The lowest BCUT2D eigenvalue weighted by Crippen LogP contribution is -2.39. The summed E-state index contributed by atoms with van der Waals surface area (Å²) in [5, 5.41) is 2.59. The van der Waals surface area contributed by atoms with Crippen LogP contribution >= 0.6 is 0 Å². The number of halogens is 2. The Morgan fingerprint density at radius 1 is 1.29 bits per heavy atom. The van der Waals surface area contributed by atoms with Crippen molar-refractivity contribution in [2.45, 2.75) is 19.3 Å². The van der Waals surface area contributed by atoms with E-state index in [0.717, 1.165) is 44.5 Å². The van der Waals surface area contributed by atoms with Gasteiger partial charge in [-0.3, -0.25) is 9.69 Å². The van der Waals surface area contributed by atoms with Crippen LogP contribution in [-0.4, -0.2) is 37.0 Å². The van der Waals surface area contributed by atoms with E-state index in [0.29, 0.717) is 12.5 Å². The fourth-order valence-corrected chi connectivity index (χ4v) is 2.65. The minimum absolute atomic E-state index is 0.210. The quantitative estimate of drug-likeness (QED) is 0.873. The molecule has 1 aliphatic rings. The van der Waals surface area contributed by atoms with Gasteiger partial charge in [-0.2, -0.15) is 0 Å². The third kappa shape index (κ3) is 4.75. The molecule has 1 aliphatic heterocycles. The molecule has 1 aromatic rings. The first kappa shape index (κ1) is 15.9. The van der Waals surface area contributed by atoms with E-state index in [1.165, 1.54) is 6.07 Å². The minimum atomic E-state index is -0.963. The van der Waals surface area contributed by atoms with Gasteiger partial charge in [-0.1, -0.05) is 0 Å². The topological polar surface area (TPSA) is 58.4 Å². The third-order valence-electron chi connectivity index (χ3n) is 3.85. The van der Waals surface area contributed by atoms with Crippen molar-refractivity contribution >= 4 is 11.6 Å². The van der Waals surface area contributed by atoms with E-state index in [9.17, 15) is 13.6 Å². The zero-order valence-corrected chi connectivity index (χ0v) is 11.9. The van der Waals surface area contributed by atoms with Crippen LogP contribution in [0, 0.1) is 17.6 Å². The van der Waals surface area contributed by atoms with Gasteiger partial charge in [-0.05, 0) is 56.9 Å². The van der Waals surface area contributed by atoms with Crippen LogP contribution in [0.3, 0.4) is 0 Å². The molecule has 0 unspecified atom stereocenters. The van der Waals surface area contributed by atoms with Crippen LogP contribution in [0.1, 0.15) is 19.3 Å². The fraction of sp³-hybridized carbons (Fsp3) is 0.533. The highest BCUT2D eigenvalue weighted by Gasteiger charge is 2.20. The molecule has 0 aromatic heterocycles. The van der Waals surface area contributed by atoms with Crippen LogP contribution in [0.4, 0.5) is 14.5 Å². The Balaban J connectivity index is 1.78. The summed E-state index contributed by atoms with van der Waals surface area (Å²) in [6, 6.07) is 3.34. The Morgan fingerprint density at radius 2 is 2.00 bits per heavy atom. The van der Waals surface area contributed by atoms with E-state index in [4.69, 9.17) is 5.73 Å². The Labute approximate surface area is 123 Å². The molecule has 0 radical (unpaired) electrons. The number of likely N-dealkylation sites (tertiary alicyclic amines) is 1. The Morgan fingerprint density at radius 3 is 2.62 bits per heavy atom. The molecule has 1 saturated heterocycles. The number of nitrogens with two attached hydrogens (primary N) is 1. The Kier molecular flexibility index (Phi) is 5.64. The number of piperidine rings is 1. The van der Waals surface area contributed by atoms with Crippen LogP contribution in [0.15, 0.2) is 18.2 Å². The SMILES string of the molecule is NCCC1CCN(CC(=O)Nc2ccc(F)c(F)c2)CC1. The van der Waals surface area contributed by atoms with Crippen molar-refractivity contribution in [3.8, 4) is 0 Å². The fourth-order valence-electron chi connectivity index (χ4n) is 2.65. The average molecular weight is 297 g/mol. The lowest BCUT2D eigenvalue weighted by molar-refractivity contribution is -0.117. The molecule has 1 heterocycles. The number of amides is 1. The predicted octanol–water partition coefficient (Wildman–Crippen LogP) is 1.96. The number of hydrogen-bond acceptors (Lipinski definition) is 3. The van der Waals surface area contributed by atoms with Crippen LogP contribution < -0.4 is 11.1 Å². The zero-order valence-electron chi connectivity index (χ0n) is 11.9. The van der Waals surface area contributed by atoms with Crippen molar-refractivity contribution in [3.05, 3.63) is 29.8 Å². The monoisotopic (exact) mass is 297 g/mol. The molecule has 0 saturated carbocycles. The molecular formula is C15H21F2N3O. The van der Waals surface area contributed by atoms with E-state index in [1.54, 1.807) is 0 Å². The predicted molar refractivity (Wildman–Crippen MR) is 77.8 cm³/mol. The average Bonchev–Trinajstić information content (AvgIpc) is 2.45. The lowest BCUT2D eigenvalue weighted by atomic mass is 9.94. The van der Waals surface area contributed by atoms with E-state index >= 15 is 0 Å². The first-order chi connectivity index (χ1) is 10.1. The first-order valence-electron chi connectivity index (χ1n) is 7.26. The summed E-state index contributed by atoms with van der Waals surface area (Å²) in [7, 11) is 0. The number of benzene rings is 1. The number of nitrogens with one attached hydrogen (secondary N) is 1. The van der Waals surface area contributed by atoms with E-state index in [2.05, 4.69) is 10.2 Å².